The van der Waals surface area contributed by atoms with E-state index in [1.807, 2.05) is 13.0 Å². The SMILES string of the molecule is CN=CP(=N[P+](N=P(N(C)C)(N(C)C)N(C)C)(N=P(N(C)C)(N(C)C)N(C)C)NC(C)(C)CC(C)(C)C)(N(C)C)N(C)C. The van der Waals surface area contributed by atoms with Gasteiger partial charge in [0.15, 0.2) is 7.36 Å². The summed E-state index contributed by atoms with van der Waals surface area (Å²) in [7, 11) is 24.9. The minimum atomic E-state index is -3.18. The summed E-state index contributed by atoms with van der Waals surface area (Å²) < 4.78 is 36.0. The highest BCUT2D eigenvalue weighted by molar-refractivity contribution is 7.88. The van der Waals surface area contributed by atoms with Gasteiger partial charge in [-0.1, -0.05) is 20.8 Å². The monoisotopic (exact) mass is 688 g/mol. The molecular weight excluding hydrogens is 618 g/mol. The maximum atomic E-state index is 6.03. The van der Waals surface area contributed by atoms with Gasteiger partial charge in [0.1, 0.15) is 0 Å². The van der Waals surface area contributed by atoms with Crippen LogP contribution in [-0.2, 0) is 0 Å². The van der Waals surface area contributed by atoms with Gasteiger partial charge in [0.2, 0.25) is 15.0 Å². The van der Waals surface area contributed by atoms with Crippen LogP contribution in [0.25, 0.3) is 0 Å². The van der Waals surface area contributed by atoms with Gasteiger partial charge in [-0.15, -0.1) is 5.09 Å². The molecule has 17 heteroatoms. The van der Waals surface area contributed by atoms with Crippen LogP contribution in [0, 0.1) is 5.41 Å². The molecule has 0 radical (unpaired) electrons. The van der Waals surface area contributed by atoms with Gasteiger partial charge < -0.3 is 0 Å². The molecule has 0 heterocycles. The molecule has 258 valence electrons. The summed E-state index contributed by atoms with van der Waals surface area (Å²) >= 11 is 0. The highest BCUT2D eigenvalue weighted by Crippen LogP contribution is 2.80. The molecule has 0 unspecified atom stereocenters. The van der Waals surface area contributed by atoms with Crippen molar-refractivity contribution in [3.63, 3.8) is 0 Å². The predicted molar refractivity (Wildman–Crippen MR) is 200 cm³/mol. The lowest BCUT2D eigenvalue weighted by molar-refractivity contribution is 0.271. The van der Waals surface area contributed by atoms with Crippen molar-refractivity contribution in [2.24, 2.45) is 24.0 Å². The lowest BCUT2D eigenvalue weighted by Crippen LogP contribution is -2.42. The van der Waals surface area contributed by atoms with Gasteiger partial charge in [0.05, 0.1) is 11.5 Å². The first kappa shape index (κ1) is 43.4. The van der Waals surface area contributed by atoms with E-state index in [1.165, 1.54) is 0 Å². The van der Waals surface area contributed by atoms with Crippen LogP contribution in [0.3, 0.4) is 0 Å². The Morgan fingerprint density at radius 2 is 0.837 bits per heavy atom. The standard InChI is InChI=1S/C26H70N13P4/c1-25(2,3)23-26(4,5)28-41(29-40(24-27-6,32(7)8)33(9)10,30-42(34(11)12,35(13)14)36(15)16)31-43(37(17)18,38(19)20)39(21)22/h24,28H,23H2,1-22H3/q+1. The molecule has 0 spiro atoms. The van der Waals surface area contributed by atoms with E-state index in [0.717, 1.165) is 6.42 Å². The largest absolute Gasteiger partial charge is 0.450 e. The third-order valence-electron chi connectivity index (χ3n) is 6.84. The Balaban J connectivity index is 9.37. The lowest BCUT2D eigenvalue weighted by atomic mass is 9.82. The van der Waals surface area contributed by atoms with E-state index in [1.54, 1.807) is 0 Å². The van der Waals surface area contributed by atoms with Crippen LogP contribution in [0.1, 0.15) is 41.0 Å². The van der Waals surface area contributed by atoms with E-state index in [0.29, 0.717) is 0 Å². The molecule has 0 aromatic rings. The zero-order chi connectivity index (χ0) is 34.6. The number of aliphatic imine (C=N–C) groups is 1. The maximum Gasteiger partial charge on any atom is 0.450 e. The quantitative estimate of drug-likeness (QED) is 0.152. The molecule has 0 fully saturated rings. The highest BCUT2D eigenvalue weighted by Gasteiger charge is 2.55. The van der Waals surface area contributed by atoms with Crippen molar-refractivity contribution >= 4 is 36.2 Å². The van der Waals surface area contributed by atoms with Crippen LogP contribution in [-0.4, -0.2) is 169 Å². The minimum absolute atomic E-state index is 0.0696. The molecule has 43 heavy (non-hydrogen) atoms. The van der Waals surface area contributed by atoms with E-state index in [9.17, 15) is 0 Å². The first-order chi connectivity index (χ1) is 19.1. The fourth-order valence-electron chi connectivity index (χ4n) is 5.94. The van der Waals surface area contributed by atoms with Crippen molar-refractivity contribution < 1.29 is 0 Å². The number of nitrogens with zero attached hydrogens (tertiary/aromatic N) is 12. The molecule has 1 N–H and O–H groups in total. The van der Waals surface area contributed by atoms with Crippen LogP contribution >= 0.6 is 30.2 Å². The molecule has 0 amide bonds. The van der Waals surface area contributed by atoms with Gasteiger partial charge >= 0.3 is 7.87 Å². The van der Waals surface area contributed by atoms with Crippen molar-refractivity contribution in [3.05, 3.63) is 0 Å². The Morgan fingerprint density at radius 1 is 0.535 bits per heavy atom. The van der Waals surface area contributed by atoms with Crippen molar-refractivity contribution in [1.29, 1.82) is 0 Å². The maximum absolute atomic E-state index is 6.03. The Labute approximate surface area is 268 Å². The van der Waals surface area contributed by atoms with E-state index < -0.39 is 30.2 Å². The third kappa shape index (κ3) is 10.2. The Morgan fingerprint density at radius 3 is 1.05 bits per heavy atom. The molecule has 0 aliphatic rings. The number of rotatable bonds is 15. The molecule has 0 saturated carbocycles. The number of hydrogen-bond acceptors (Lipinski definition) is 5. The van der Waals surface area contributed by atoms with Crippen molar-refractivity contribution in [1.82, 2.24) is 42.5 Å². The van der Waals surface area contributed by atoms with Crippen LogP contribution < -0.4 is 5.09 Å². The van der Waals surface area contributed by atoms with Crippen LogP contribution in [0.15, 0.2) is 18.5 Å². The first-order valence-electron chi connectivity index (χ1n) is 14.6. The Kier molecular flexibility index (Phi) is 16.2. The molecular formula is C26H70N13P4+. The van der Waals surface area contributed by atoms with Gasteiger partial charge in [0.25, 0.3) is 0 Å². The normalized spacial score (nSPS) is 15.1. The Hall–Kier alpha value is 0.430. The molecule has 13 nitrogen and oxygen atoms in total. The zero-order valence-corrected chi connectivity index (χ0v) is 35.5. The number of nitrogens with one attached hydrogen (secondary N) is 1. The fourth-order valence-corrected chi connectivity index (χ4v) is 23.9. The number of hydrogen-bond donors (Lipinski definition) is 1. The van der Waals surface area contributed by atoms with E-state index in [-0.39, 0.29) is 11.0 Å². The molecule has 0 aliphatic carbocycles. The summed E-state index contributed by atoms with van der Waals surface area (Å²) in [5.74, 6) is 2.02. The van der Waals surface area contributed by atoms with Gasteiger partial charge in [-0.3, -0.25) is 14.3 Å². The molecule has 0 aliphatic heterocycles. The Bertz CT molecular complexity index is 972. The van der Waals surface area contributed by atoms with Crippen LogP contribution in [0.2, 0.25) is 0 Å². The molecule has 0 aromatic carbocycles. The van der Waals surface area contributed by atoms with Gasteiger partial charge in [-0.2, -0.15) is 0 Å². The second kappa shape index (κ2) is 16.0. The van der Waals surface area contributed by atoms with Gasteiger partial charge in [0, 0.05) is 7.05 Å². The minimum Gasteiger partial charge on any atom is -0.292 e. The summed E-state index contributed by atoms with van der Waals surface area (Å²) in [6.07, 6.45) is 0.911. The third-order valence-corrected chi connectivity index (χ3v) is 23.0. The van der Waals surface area contributed by atoms with Crippen LogP contribution in [0.5, 0.6) is 0 Å². The van der Waals surface area contributed by atoms with E-state index in [2.05, 4.69) is 195 Å². The molecule has 0 rings (SSSR count). The second-order valence-electron chi connectivity index (χ2n) is 14.4. The van der Waals surface area contributed by atoms with Crippen molar-refractivity contribution in [2.45, 2.75) is 46.6 Å². The fraction of sp³-hybridized carbons (Fsp3) is 0.962. The average Bonchev–Trinajstić information content (AvgIpc) is 2.77. The zero-order valence-electron chi connectivity index (χ0n) is 31.9. The molecule has 0 saturated heterocycles. The first-order valence-corrected chi connectivity index (χ1v) is 21.2. The lowest BCUT2D eigenvalue weighted by Gasteiger charge is -2.44. The average molecular weight is 689 g/mol. The highest BCUT2D eigenvalue weighted by atomic mass is 31.3. The van der Waals surface area contributed by atoms with Crippen LogP contribution in [0.4, 0.5) is 0 Å². The van der Waals surface area contributed by atoms with Gasteiger partial charge in [-0.25, -0.2) is 28.0 Å². The van der Waals surface area contributed by atoms with Crippen molar-refractivity contribution in [3.8, 4) is 0 Å². The summed E-state index contributed by atoms with van der Waals surface area (Å²) in [5, 5.41) is 4.15. The van der Waals surface area contributed by atoms with E-state index in [4.69, 9.17) is 13.5 Å². The van der Waals surface area contributed by atoms with Gasteiger partial charge in [-0.05, 0) is 152 Å². The second-order valence-corrected chi connectivity index (χ2v) is 27.9. The summed E-state index contributed by atoms with van der Waals surface area (Å²) in [6, 6.07) is 0. The van der Waals surface area contributed by atoms with E-state index >= 15 is 0 Å². The summed E-state index contributed by atoms with van der Waals surface area (Å²) in [5.41, 5.74) is -0.276. The summed E-state index contributed by atoms with van der Waals surface area (Å²) in [6.45, 7) is 11.4. The topological polar surface area (TPSA) is 87.4 Å². The molecule has 0 atom stereocenters. The molecule has 0 aromatic heterocycles. The molecule has 0 bridgehead atoms. The predicted octanol–water partition coefficient (Wildman–Crippen LogP) is 6.54. The smallest absolute Gasteiger partial charge is 0.292 e. The van der Waals surface area contributed by atoms with Crippen molar-refractivity contribution in [2.75, 3.05) is 120 Å². The summed E-state index contributed by atoms with van der Waals surface area (Å²) in [4.78, 5) is 4.60.